The Bertz CT molecular complexity index is 1300. The molecule has 15 heteroatoms. The van der Waals surface area contributed by atoms with Gasteiger partial charge in [-0.2, -0.15) is 0 Å². The Kier molecular flexibility index (Phi) is 7.30. The SMILES string of the molecule is CC1(NS(=O)(=O)c2cc(N3CCCNCC3)c3cnc(-c4nnc(C(F)F)s4)n3c2)CC1.O=CO. The third-order valence-corrected chi connectivity index (χ3v) is 8.32. The summed E-state index contributed by atoms with van der Waals surface area (Å²) >= 11 is 0.747. The zero-order valence-corrected chi connectivity index (χ0v) is 20.4. The van der Waals surface area contributed by atoms with E-state index < -0.39 is 27.0 Å². The summed E-state index contributed by atoms with van der Waals surface area (Å²) in [6, 6.07) is 1.67. The summed E-state index contributed by atoms with van der Waals surface area (Å²) in [5.41, 5.74) is 0.992. The predicted molar refractivity (Wildman–Crippen MR) is 125 cm³/mol. The first-order chi connectivity index (χ1) is 16.7. The fourth-order valence-electron chi connectivity index (χ4n) is 3.79. The van der Waals surface area contributed by atoms with Crippen molar-refractivity contribution in [1.82, 2.24) is 29.6 Å². The van der Waals surface area contributed by atoms with Gasteiger partial charge in [-0.05, 0) is 38.8 Å². The first-order valence-corrected chi connectivity index (χ1v) is 13.2. The van der Waals surface area contributed by atoms with Crippen LogP contribution in [-0.2, 0) is 14.8 Å². The number of halogens is 2. The van der Waals surface area contributed by atoms with Gasteiger partial charge in [0.05, 0.1) is 17.4 Å². The van der Waals surface area contributed by atoms with Crippen molar-refractivity contribution in [2.45, 2.75) is 43.0 Å². The van der Waals surface area contributed by atoms with E-state index in [9.17, 15) is 17.2 Å². The molecule has 0 bridgehead atoms. The summed E-state index contributed by atoms with van der Waals surface area (Å²) in [5, 5.41) is 17.5. The number of sulfonamides is 1. The molecule has 1 aliphatic carbocycles. The average Bonchev–Trinajstić information content (AvgIpc) is 3.20. The van der Waals surface area contributed by atoms with Crippen molar-refractivity contribution in [1.29, 1.82) is 0 Å². The lowest BCUT2D eigenvalue weighted by molar-refractivity contribution is -0.122. The summed E-state index contributed by atoms with van der Waals surface area (Å²) in [4.78, 5) is 15.0. The van der Waals surface area contributed by atoms with Crippen LogP contribution in [0.3, 0.4) is 0 Å². The average molecular weight is 530 g/mol. The number of imidazole rings is 1. The van der Waals surface area contributed by atoms with Crippen molar-refractivity contribution in [3.8, 4) is 10.8 Å². The molecule has 0 radical (unpaired) electrons. The Labute approximate surface area is 204 Å². The monoisotopic (exact) mass is 529 g/mol. The quantitative estimate of drug-likeness (QED) is 0.409. The topological polar surface area (TPSA) is 142 Å². The third kappa shape index (κ3) is 5.58. The minimum absolute atomic E-state index is 0.100. The molecule has 1 aliphatic heterocycles. The lowest BCUT2D eigenvalue weighted by Crippen LogP contribution is -2.34. The van der Waals surface area contributed by atoms with E-state index in [1.807, 2.05) is 6.92 Å². The third-order valence-electron chi connectivity index (χ3n) is 5.79. The molecular weight excluding hydrogens is 504 g/mol. The maximum absolute atomic E-state index is 13.2. The lowest BCUT2D eigenvalue weighted by Gasteiger charge is -2.24. The largest absolute Gasteiger partial charge is 0.483 e. The molecule has 1 saturated carbocycles. The summed E-state index contributed by atoms with van der Waals surface area (Å²) in [5.74, 6) is 0.285. The molecule has 3 aromatic rings. The molecule has 2 fully saturated rings. The molecule has 190 valence electrons. The van der Waals surface area contributed by atoms with Crippen LogP contribution in [0.1, 0.15) is 37.6 Å². The summed E-state index contributed by atoms with van der Waals surface area (Å²) in [6.07, 6.45) is 2.86. The number of hydrogen-bond acceptors (Lipinski definition) is 9. The fraction of sp³-hybridized carbons (Fsp3) is 0.500. The van der Waals surface area contributed by atoms with Gasteiger partial charge in [0.15, 0.2) is 15.8 Å². The normalized spacial score (nSPS) is 17.7. The highest BCUT2D eigenvalue weighted by atomic mass is 32.2. The predicted octanol–water partition coefficient (Wildman–Crippen LogP) is 2.12. The van der Waals surface area contributed by atoms with E-state index in [-0.39, 0.29) is 22.2 Å². The van der Waals surface area contributed by atoms with Gasteiger partial charge in [-0.3, -0.25) is 9.20 Å². The lowest BCUT2D eigenvalue weighted by atomic mass is 10.3. The highest BCUT2D eigenvalue weighted by Crippen LogP contribution is 2.37. The van der Waals surface area contributed by atoms with Crippen LogP contribution < -0.4 is 14.9 Å². The molecule has 0 amide bonds. The minimum atomic E-state index is -3.80. The van der Waals surface area contributed by atoms with Gasteiger partial charge in [0, 0.05) is 31.4 Å². The van der Waals surface area contributed by atoms with Gasteiger partial charge in [-0.1, -0.05) is 11.3 Å². The second-order valence-electron chi connectivity index (χ2n) is 8.51. The van der Waals surface area contributed by atoms with Crippen LogP contribution in [0.15, 0.2) is 23.4 Å². The molecule has 3 N–H and O–H groups in total. The number of nitrogens with zero attached hydrogens (tertiary/aromatic N) is 5. The van der Waals surface area contributed by atoms with E-state index in [1.165, 1.54) is 6.20 Å². The van der Waals surface area contributed by atoms with Gasteiger partial charge in [0.25, 0.3) is 12.9 Å². The molecule has 1 saturated heterocycles. The number of nitrogens with one attached hydrogen (secondary N) is 2. The van der Waals surface area contributed by atoms with Crippen LogP contribution >= 0.6 is 11.3 Å². The van der Waals surface area contributed by atoms with Crippen molar-refractivity contribution >= 4 is 39.0 Å². The molecule has 0 atom stereocenters. The fourth-order valence-corrected chi connectivity index (χ4v) is 5.96. The molecule has 35 heavy (non-hydrogen) atoms. The number of aromatic nitrogens is 4. The molecular formula is C20H25F2N7O4S2. The first-order valence-electron chi connectivity index (χ1n) is 10.9. The summed E-state index contributed by atoms with van der Waals surface area (Å²) in [6.45, 7) is 4.75. The summed E-state index contributed by atoms with van der Waals surface area (Å²) < 4.78 is 56.9. The number of fused-ring (bicyclic) bond motifs is 1. The molecule has 3 aromatic heterocycles. The Morgan fingerprint density at radius 3 is 2.69 bits per heavy atom. The number of alkyl halides is 2. The highest BCUT2D eigenvalue weighted by molar-refractivity contribution is 7.89. The molecule has 5 rings (SSSR count). The van der Waals surface area contributed by atoms with Crippen LogP contribution in [0.25, 0.3) is 16.3 Å². The van der Waals surface area contributed by atoms with E-state index in [0.29, 0.717) is 12.1 Å². The Hall–Kier alpha value is -2.75. The van der Waals surface area contributed by atoms with Crippen molar-refractivity contribution in [3.63, 3.8) is 0 Å². The maximum Gasteiger partial charge on any atom is 0.291 e. The van der Waals surface area contributed by atoms with Crippen molar-refractivity contribution < 1.29 is 27.1 Å². The van der Waals surface area contributed by atoms with Gasteiger partial charge in [0.2, 0.25) is 10.0 Å². The number of anilines is 1. The van der Waals surface area contributed by atoms with Gasteiger partial charge in [0.1, 0.15) is 4.90 Å². The van der Waals surface area contributed by atoms with Crippen molar-refractivity contribution in [2.24, 2.45) is 0 Å². The molecule has 2 aliphatic rings. The minimum Gasteiger partial charge on any atom is -0.483 e. The summed E-state index contributed by atoms with van der Waals surface area (Å²) in [7, 11) is -3.80. The number of pyridine rings is 1. The van der Waals surface area contributed by atoms with E-state index in [4.69, 9.17) is 9.90 Å². The van der Waals surface area contributed by atoms with Gasteiger partial charge in [-0.15, -0.1) is 10.2 Å². The number of rotatable bonds is 6. The van der Waals surface area contributed by atoms with E-state index >= 15 is 0 Å². The Balaban J connectivity index is 0.000000917. The molecule has 4 heterocycles. The smallest absolute Gasteiger partial charge is 0.291 e. The molecule has 11 nitrogen and oxygen atoms in total. The van der Waals surface area contributed by atoms with Crippen LogP contribution in [0, 0.1) is 0 Å². The second-order valence-corrected chi connectivity index (χ2v) is 11.2. The molecule has 0 aromatic carbocycles. The van der Waals surface area contributed by atoms with Gasteiger partial charge >= 0.3 is 0 Å². The highest BCUT2D eigenvalue weighted by Gasteiger charge is 2.41. The number of carboxylic acid groups (broad SMARTS) is 1. The maximum atomic E-state index is 13.2. The second kappa shape index (κ2) is 10.1. The van der Waals surface area contributed by atoms with Crippen LogP contribution in [-0.4, -0.2) is 71.3 Å². The standard InChI is InChI=1S/C19H23F2N7O2S2.CH2O2/c1-19(3-4-19)26-32(29,30)12-9-13(27-7-2-5-22-6-8-27)14-10-23-16(28(14)11-12)18-25-24-17(31-18)15(20)21;2-1-3/h9-11,15,22,26H,2-8H2,1H3;1H,(H,2,3). The number of carbonyl (C=O) groups is 1. The van der Waals surface area contributed by atoms with E-state index in [0.717, 1.165) is 55.9 Å². The van der Waals surface area contributed by atoms with Crippen molar-refractivity contribution in [2.75, 3.05) is 31.1 Å². The first kappa shape index (κ1) is 25.3. The Morgan fingerprint density at radius 2 is 2.03 bits per heavy atom. The van der Waals surface area contributed by atoms with Crippen LogP contribution in [0.5, 0.6) is 0 Å². The van der Waals surface area contributed by atoms with Gasteiger partial charge < -0.3 is 15.3 Å². The van der Waals surface area contributed by atoms with Crippen molar-refractivity contribution in [3.05, 3.63) is 23.5 Å². The van der Waals surface area contributed by atoms with E-state index in [1.54, 1.807) is 16.7 Å². The van der Waals surface area contributed by atoms with Crippen LogP contribution in [0.4, 0.5) is 14.5 Å². The molecule has 0 spiro atoms. The zero-order valence-electron chi connectivity index (χ0n) is 18.8. The van der Waals surface area contributed by atoms with Gasteiger partial charge in [-0.25, -0.2) is 26.9 Å². The zero-order chi connectivity index (χ0) is 25.2. The molecule has 0 unspecified atom stereocenters. The number of hydrogen-bond donors (Lipinski definition) is 3. The Morgan fingerprint density at radius 1 is 1.29 bits per heavy atom. The van der Waals surface area contributed by atoms with E-state index in [2.05, 4.69) is 30.1 Å². The van der Waals surface area contributed by atoms with Crippen LogP contribution in [0.2, 0.25) is 0 Å².